The number of hydrogen-bond acceptors (Lipinski definition) is 5. The topological polar surface area (TPSA) is 93.7 Å². The second kappa shape index (κ2) is 11.5. The van der Waals surface area contributed by atoms with Gasteiger partial charge in [-0.05, 0) is 61.9 Å². The summed E-state index contributed by atoms with van der Waals surface area (Å²) in [5.41, 5.74) is 5.55. The molecular formula is C22H26N2O5. The molecule has 0 saturated carbocycles. The van der Waals surface area contributed by atoms with E-state index in [0.717, 1.165) is 6.42 Å². The van der Waals surface area contributed by atoms with Crippen LogP contribution in [0.3, 0.4) is 0 Å². The Morgan fingerprint density at radius 2 is 1.34 bits per heavy atom. The Morgan fingerprint density at radius 3 is 1.93 bits per heavy atom. The maximum atomic E-state index is 12.2. The van der Waals surface area contributed by atoms with Crippen molar-refractivity contribution in [3.8, 4) is 11.5 Å². The number of hydrogen-bond donors (Lipinski definition) is 2. The van der Waals surface area contributed by atoms with Crippen LogP contribution in [-0.2, 0) is 4.79 Å². The van der Waals surface area contributed by atoms with Gasteiger partial charge < -0.3 is 9.47 Å². The van der Waals surface area contributed by atoms with Crippen LogP contribution in [0.15, 0.2) is 48.5 Å². The van der Waals surface area contributed by atoms with Crippen molar-refractivity contribution in [3.05, 3.63) is 59.7 Å². The zero-order valence-corrected chi connectivity index (χ0v) is 16.7. The van der Waals surface area contributed by atoms with E-state index in [1.54, 1.807) is 48.5 Å². The fourth-order valence-electron chi connectivity index (χ4n) is 2.46. The van der Waals surface area contributed by atoms with Gasteiger partial charge in [0.25, 0.3) is 5.91 Å². The fourth-order valence-corrected chi connectivity index (χ4v) is 2.46. The number of amides is 2. The van der Waals surface area contributed by atoms with Crippen LogP contribution in [0.25, 0.3) is 0 Å². The Bertz CT molecular complexity index is 816. The summed E-state index contributed by atoms with van der Waals surface area (Å²) in [7, 11) is 0. The molecule has 2 aromatic rings. The molecule has 2 aromatic carbocycles. The lowest BCUT2D eigenvalue weighted by Crippen LogP contribution is -2.41. The van der Waals surface area contributed by atoms with E-state index in [9.17, 15) is 14.4 Å². The molecule has 7 heteroatoms. The smallest absolute Gasteiger partial charge is 0.269 e. The fraction of sp³-hybridized carbons (Fsp3) is 0.318. The lowest BCUT2D eigenvalue weighted by atomic mass is 10.1. The highest BCUT2D eigenvalue weighted by atomic mass is 16.5. The predicted octanol–water partition coefficient (Wildman–Crippen LogP) is 3.30. The molecule has 0 spiro atoms. The Balaban J connectivity index is 1.74. The quantitative estimate of drug-likeness (QED) is 0.473. The van der Waals surface area contributed by atoms with Gasteiger partial charge in [-0.25, -0.2) is 0 Å². The molecule has 2 amide bonds. The van der Waals surface area contributed by atoms with E-state index in [-0.39, 0.29) is 18.6 Å². The summed E-state index contributed by atoms with van der Waals surface area (Å²) in [6, 6.07) is 13.4. The summed E-state index contributed by atoms with van der Waals surface area (Å²) in [4.78, 5) is 36.1. The highest BCUT2D eigenvalue weighted by Crippen LogP contribution is 2.14. The lowest BCUT2D eigenvalue weighted by molar-refractivity contribution is -0.121. The average molecular weight is 398 g/mol. The number of ketones is 1. The first-order valence-electron chi connectivity index (χ1n) is 9.61. The van der Waals surface area contributed by atoms with E-state index in [4.69, 9.17) is 9.47 Å². The van der Waals surface area contributed by atoms with Crippen molar-refractivity contribution in [1.29, 1.82) is 0 Å². The van der Waals surface area contributed by atoms with Gasteiger partial charge in [0.05, 0.1) is 13.2 Å². The van der Waals surface area contributed by atoms with Crippen LogP contribution in [0.5, 0.6) is 11.5 Å². The number of Topliss-reactive ketones (excluding diaryl/α,β-unsaturated/α-hetero) is 1. The van der Waals surface area contributed by atoms with Crippen LogP contribution in [0, 0.1) is 0 Å². The van der Waals surface area contributed by atoms with Crippen LogP contribution in [0.4, 0.5) is 0 Å². The van der Waals surface area contributed by atoms with Gasteiger partial charge in [-0.3, -0.25) is 25.2 Å². The number of rotatable bonds is 10. The summed E-state index contributed by atoms with van der Waals surface area (Å²) in [6.45, 7) is 5.05. The van der Waals surface area contributed by atoms with Crippen LogP contribution < -0.4 is 20.3 Å². The van der Waals surface area contributed by atoms with Crippen LogP contribution >= 0.6 is 0 Å². The van der Waals surface area contributed by atoms with Crippen LogP contribution in [-0.4, -0.2) is 30.8 Å². The molecule has 29 heavy (non-hydrogen) atoms. The molecule has 2 rings (SSSR count). The first-order valence-corrected chi connectivity index (χ1v) is 9.61. The molecule has 0 aromatic heterocycles. The minimum atomic E-state index is -0.449. The number of ether oxygens (including phenoxy) is 2. The third-order valence-corrected chi connectivity index (χ3v) is 3.97. The highest BCUT2D eigenvalue weighted by Gasteiger charge is 2.11. The number of carbonyl (C=O) groups is 3. The van der Waals surface area contributed by atoms with E-state index in [1.165, 1.54) is 0 Å². The minimum Gasteiger partial charge on any atom is -0.494 e. The summed E-state index contributed by atoms with van der Waals surface area (Å²) >= 11 is 0. The summed E-state index contributed by atoms with van der Waals surface area (Å²) in [5.74, 6) is 0.325. The van der Waals surface area contributed by atoms with E-state index in [0.29, 0.717) is 35.8 Å². The monoisotopic (exact) mass is 398 g/mol. The predicted molar refractivity (Wildman–Crippen MR) is 109 cm³/mol. The average Bonchev–Trinajstić information content (AvgIpc) is 2.75. The molecule has 0 unspecified atom stereocenters. The van der Waals surface area contributed by atoms with Gasteiger partial charge in [-0.2, -0.15) is 0 Å². The molecule has 2 N–H and O–H groups in total. The second-order valence-corrected chi connectivity index (χ2v) is 6.26. The van der Waals surface area contributed by atoms with E-state index >= 15 is 0 Å². The first-order chi connectivity index (χ1) is 14.0. The number of benzene rings is 2. The number of carbonyl (C=O) groups excluding carboxylic acids is 3. The molecular weight excluding hydrogens is 372 g/mol. The molecule has 0 aliphatic rings. The molecule has 0 bridgehead atoms. The van der Waals surface area contributed by atoms with Crippen molar-refractivity contribution in [2.45, 2.75) is 33.1 Å². The SMILES string of the molecule is CCCOc1ccc(C(=O)CCC(=O)NNC(=O)c2ccc(OCC)cc2)cc1. The number of hydrazine groups is 1. The minimum absolute atomic E-state index is 0.0313. The zero-order valence-electron chi connectivity index (χ0n) is 16.7. The largest absolute Gasteiger partial charge is 0.494 e. The molecule has 0 heterocycles. The third kappa shape index (κ3) is 7.29. The lowest BCUT2D eigenvalue weighted by Gasteiger charge is -2.08. The normalized spacial score (nSPS) is 10.1. The molecule has 7 nitrogen and oxygen atoms in total. The standard InChI is InChI=1S/C22H26N2O5/c1-3-15-29-19-9-5-16(6-10-19)20(25)13-14-21(26)23-24-22(27)17-7-11-18(12-8-17)28-4-2/h5-12H,3-4,13-15H2,1-2H3,(H,23,26)(H,24,27). The van der Waals surface area contributed by atoms with Gasteiger partial charge in [-0.1, -0.05) is 6.92 Å². The van der Waals surface area contributed by atoms with Crippen molar-refractivity contribution in [1.82, 2.24) is 10.9 Å². The molecule has 0 fully saturated rings. The maximum Gasteiger partial charge on any atom is 0.269 e. The van der Waals surface area contributed by atoms with E-state index in [2.05, 4.69) is 10.9 Å². The van der Waals surface area contributed by atoms with Gasteiger partial charge in [0, 0.05) is 24.0 Å². The maximum absolute atomic E-state index is 12.2. The van der Waals surface area contributed by atoms with Crippen LogP contribution in [0.2, 0.25) is 0 Å². The Morgan fingerprint density at radius 1 is 0.759 bits per heavy atom. The van der Waals surface area contributed by atoms with E-state index < -0.39 is 11.8 Å². The third-order valence-electron chi connectivity index (χ3n) is 3.97. The first kappa shape index (κ1) is 21.9. The molecule has 0 aliphatic carbocycles. The molecule has 0 radical (unpaired) electrons. The summed E-state index contributed by atoms with van der Waals surface area (Å²) in [5, 5.41) is 0. The van der Waals surface area contributed by atoms with Crippen molar-refractivity contribution >= 4 is 17.6 Å². The van der Waals surface area contributed by atoms with Crippen molar-refractivity contribution in [3.63, 3.8) is 0 Å². The molecule has 0 aliphatic heterocycles. The van der Waals surface area contributed by atoms with Gasteiger partial charge in [-0.15, -0.1) is 0 Å². The Kier molecular flexibility index (Phi) is 8.69. The number of nitrogens with one attached hydrogen (secondary N) is 2. The van der Waals surface area contributed by atoms with Gasteiger partial charge >= 0.3 is 0 Å². The van der Waals surface area contributed by atoms with Gasteiger partial charge in [0.2, 0.25) is 5.91 Å². The molecule has 0 saturated heterocycles. The van der Waals surface area contributed by atoms with E-state index in [1.807, 2.05) is 13.8 Å². The van der Waals surface area contributed by atoms with Crippen molar-refractivity contribution in [2.24, 2.45) is 0 Å². The Hall–Kier alpha value is -3.35. The zero-order chi connectivity index (χ0) is 21.1. The van der Waals surface area contributed by atoms with Crippen LogP contribution in [0.1, 0.15) is 53.8 Å². The summed E-state index contributed by atoms with van der Waals surface area (Å²) < 4.78 is 10.8. The highest BCUT2D eigenvalue weighted by molar-refractivity contribution is 5.99. The van der Waals surface area contributed by atoms with Gasteiger partial charge in [0.1, 0.15) is 11.5 Å². The second-order valence-electron chi connectivity index (χ2n) is 6.26. The molecule has 154 valence electrons. The Labute approximate surface area is 170 Å². The van der Waals surface area contributed by atoms with Gasteiger partial charge in [0.15, 0.2) is 5.78 Å². The van der Waals surface area contributed by atoms with Crippen molar-refractivity contribution in [2.75, 3.05) is 13.2 Å². The van der Waals surface area contributed by atoms with Crippen molar-refractivity contribution < 1.29 is 23.9 Å². The molecule has 0 atom stereocenters. The summed E-state index contributed by atoms with van der Waals surface area (Å²) in [6.07, 6.45) is 0.918.